The maximum absolute atomic E-state index is 12.5. The number of nitrogens with zero attached hydrogens (tertiary/aromatic N) is 4. The number of anilines is 2. The molecule has 0 spiro atoms. The number of carbonyl (C=O) groups is 1. The van der Waals surface area contributed by atoms with E-state index in [1.54, 1.807) is 29.1 Å². The molecule has 0 aliphatic rings. The number of hydrogen-bond acceptors (Lipinski definition) is 6. The fourth-order valence-corrected chi connectivity index (χ4v) is 4.72. The smallest absolute Gasteiger partial charge is 0.250 e. The van der Waals surface area contributed by atoms with Crippen LogP contribution >= 0.6 is 23.8 Å². The molecule has 2 N–H and O–H groups in total. The number of fused-ring (bicyclic) bond motifs is 1. The average molecular weight is 585 g/mol. The van der Waals surface area contributed by atoms with Crippen LogP contribution in [-0.2, 0) is 4.79 Å². The molecule has 1 amide bonds. The number of thiocarbonyl (C=S) groups is 1. The lowest BCUT2D eigenvalue weighted by atomic mass is 10.2. The summed E-state index contributed by atoms with van der Waals surface area (Å²) in [4.78, 5) is 16.4. The number of halogens is 1. The molecule has 0 atom stereocenters. The summed E-state index contributed by atoms with van der Waals surface area (Å²) in [6.07, 6.45) is 2.95. The van der Waals surface area contributed by atoms with Crippen molar-refractivity contribution in [2.24, 2.45) is 0 Å². The Balaban J connectivity index is 1.22. The highest BCUT2D eigenvalue weighted by atomic mass is 35.5. The standard InChI is InChI=1S/C31H29ClN6O2S/c1-4-37(5-2)23-10-12-24(13-11-23)38-35-27-18-20(3)26(19-28(27)36-38)33-31(41)34-30(39)17-15-25-14-16-29(40-25)21-6-8-22(32)9-7-21/h6-19H,4-5H2,1-3H3,(H2,33,34,39,41). The molecule has 2 aromatic heterocycles. The van der Waals surface area contributed by atoms with Crippen LogP contribution in [0, 0.1) is 6.92 Å². The van der Waals surface area contributed by atoms with Gasteiger partial charge in [0.25, 0.3) is 0 Å². The summed E-state index contributed by atoms with van der Waals surface area (Å²) in [5.41, 5.74) is 6.04. The van der Waals surface area contributed by atoms with Gasteiger partial charge in [0.1, 0.15) is 22.6 Å². The lowest BCUT2D eigenvalue weighted by molar-refractivity contribution is -0.115. The minimum Gasteiger partial charge on any atom is -0.457 e. The fraction of sp³-hybridized carbons (Fsp3) is 0.161. The summed E-state index contributed by atoms with van der Waals surface area (Å²) in [7, 11) is 0. The van der Waals surface area contributed by atoms with Gasteiger partial charge >= 0.3 is 0 Å². The summed E-state index contributed by atoms with van der Waals surface area (Å²) in [6.45, 7) is 8.12. The zero-order valence-electron chi connectivity index (χ0n) is 22.9. The molecule has 41 heavy (non-hydrogen) atoms. The zero-order valence-corrected chi connectivity index (χ0v) is 24.5. The molecule has 0 radical (unpaired) electrons. The highest BCUT2D eigenvalue weighted by Crippen LogP contribution is 2.25. The SMILES string of the molecule is CCN(CC)c1ccc(-n2nc3cc(C)c(NC(=S)NC(=O)C=Cc4ccc(-c5ccc(Cl)cc5)o4)cc3n2)cc1. The Kier molecular flexibility index (Phi) is 8.47. The summed E-state index contributed by atoms with van der Waals surface area (Å²) in [6, 6.07) is 22.9. The van der Waals surface area contributed by atoms with E-state index in [1.807, 2.05) is 49.4 Å². The van der Waals surface area contributed by atoms with Gasteiger partial charge in [-0.2, -0.15) is 4.80 Å². The summed E-state index contributed by atoms with van der Waals surface area (Å²) < 4.78 is 5.80. The summed E-state index contributed by atoms with van der Waals surface area (Å²) in [5.74, 6) is 0.833. The number of amides is 1. The normalized spacial score (nSPS) is 11.2. The van der Waals surface area contributed by atoms with Crippen molar-refractivity contribution in [3.05, 3.63) is 95.2 Å². The first-order valence-corrected chi connectivity index (χ1v) is 14.0. The molecule has 0 saturated heterocycles. The Bertz CT molecular complexity index is 1720. The van der Waals surface area contributed by atoms with Gasteiger partial charge in [-0.1, -0.05) is 11.6 Å². The summed E-state index contributed by atoms with van der Waals surface area (Å²) >= 11 is 11.3. The van der Waals surface area contributed by atoms with E-state index in [9.17, 15) is 4.79 Å². The highest BCUT2D eigenvalue weighted by molar-refractivity contribution is 7.80. The molecule has 0 aliphatic heterocycles. The van der Waals surface area contributed by atoms with Crippen LogP contribution in [0.3, 0.4) is 0 Å². The molecule has 0 fully saturated rings. The molecular weight excluding hydrogens is 556 g/mol. The summed E-state index contributed by atoms with van der Waals surface area (Å²) in [5, 5.41) is 15.9. The number of aryl methyl sites for hydroxylation is 1. The largest absolute Gasteiger partial charge is 0.457 e. The van der Waals surface area contributed by atoms with E-state index in [0.29, 0.717) is 22.1 Å². The van der Waals surface area contributed by atoms with Crippen molar-refractivity contribution in [2.45, 2.75) is 20.8 Å². The Labute approximate surface area is 248 Å². The Morgan fingerprint density at radius 3 is 2.37 bits per heavy atom. The molecular formula is C31H29ClN6O2S. The van der Waals surface area contributed by atoms with E-state index < -0.39 is 0 Å². The molecule has 0 unspecified atom stereocenters. The number of furan rings is 1. The Morgan fingerprint density at radius 2 is 1.68 bits per heavy atom. The van der Waals surface area contributed by atoms with Gasteiger partial charge in [-0.15, -0.1) is 10.2 Å². The van der Waals surface area contributed by atoms with Gasteiger partial charge in [0.15, 0.2) is 5.11 Å². The van der Waals surface area contributed by atoms with Crippen molar-refractivity contribution in [1.29, 1.82) is 0 Å². The first-order valence-electron chi connectivity index (χ1n) is 13.2. The predicted molar refractivity (Wildman–Crippen MR) is 170 cm³/mol. The van der Waals surface area contributed by atoms with Crippen molar-refractivity contribution >= 4 is 63.3 Å². The zero-order chi connectivity index (χ0) is 28.9. The third-order valence-corrected chi connectivity index (χ3v) is 7.03. The van der Waals surface area contributed by atoms with E-state index in [-0.39, 0.29) is 11.0 Å². The van der Waals surface area contributed by atoms with Gasteiger partial charge in [0.2, 0.25) is 5.91 Å². The molecule has 8 nitrogen and oxygen atoms in total. The van der Waals surface area contributed by atoms with Gasteiger partial charge in [-0.05, 0) is 117 Å². The molecule has 2 heterocycles. The number of rotatable bonds is 8. The fourth-order valence-electron chi connectivity index (χ4n) is 4.38. The molecule has 0 aliphatic carbocycles. The van der Waals surface area contributed by atoms with Crippen LogP contribution in [0.5, 0.6) is 0 Å². The van der Waals surface area contributed by atoms with Crippen molar-refractivity contribution in [1.82, 2.24) is 20.3 Å². The minimum absolute atomic E-state index is 0.169. The van der Waals surface area contributed by atoms with E-state index in [4.69, 9.17) is 28.2 Å². The van der Waals surface area contributed by atoms with E-state index in [0.717, 1.165) is 46.8 Å². The highest BCUT2D eigenvalue weighted by Gasteiger charge is 2.11. The van der Waals surface area contributed by atoms with Crippen LogP contribution < -0.4 is 15.5 Å². The maximum atomic E-state index is 12.5. The van der Waals surface area contributed by atoms with E-state index in [2.05, 4.69) is 51.7 Å². The molecule has 5 aromatic rings. The molecule has 0 bridgehead atoms. The monoisotopic (exact) mass is 584 g/mol. The van der Waals surface area contributed by atoms with Gasteiger partial charge in [-0.3, -0.25) is 10.1 Å². The number of benzene rings is 3. The van der Waals surface area contributed by atoms with Crippen LogP contribution in [-0.4, -0.2) is 39.1 Å². The lowest BCUT2D eigenvalue weighted by Gasteiger charge is -2.20. The van der Waals surface area contributed by atoms with E-state index >= 15 is 0 Å². The van der Waals surface area contributed by atoms with Gasteiger partial charge < -0.3 is 14.6 Å². The third kappa shape index (κ3) is 6.65. The predicted octanol–water partition coefficient (Wildman–Crippen LogP) is 7.01. The van der Waals surface area contributed by atoms with Gasteiger partial charge in [0.05, 0.1) is 5.69 Å². The second-order valence-electron chi connectivity index (χ2n) is 9.32. The number of nitrogens with one attached hydrogen (secondary N) is 2. The van der Waals surface area contributed by atoms with Crippen LogP contribution in [0.25, 0.3) is 34.1 Å². The number of hydrogen-bond donors (Lipinski definition) is 2. The lowest BCUT2D eigenvalue weighted by Crippen LogP contribution is -2.33. The first-order chi connectivity index (χ1) is 19.8. The van der Waals surface area contributed by atoms with Crippen LogP contribution in [0.1, 0.15) is 25.2 Å². The van der Waals surface area contributed by atoms with Crippen LogP contribution in [0.15, 0.2) is 83.3 Å². The van der Waals surface area contributed by atoms with Crippen molar-refractivity contribution in [3.8, 4) is 17.0 Å². The molecule has 3 aromatic carbocycles. The second-order valence-corrected chi connectivity index (χ2v) is 10.2. The third-order valence-electron chi connectivity index (χ3n) is 6.58. The average Bonchev–Trinajstić information content (AvgIpc) is 3.61. The van der Waals surface area contributed by atoms with Crippen LogP contribution in [0.2, 0.25) is 5.02 Å². The quantitative estimate of drug-likeness (QED) is 0.150. The van der Waals surface area contributed by atoms with Crippen molar-refractivity contribution < 1.29 is 9.21 Å². The molecule has 0 saturated carbocycles. The minimum atomic E-state index is -0.384. The van der Waals surface area contributed by atoms with Crippen LogP contribution in [0.4, 0.5) is 11.4 Å². The number of aromatic nitrogens is 3. The maximum Gasteiger partial charge on any atom is 0.250 e. The first kappa shape index (κ1) is 28.1. The van der Waals surface area contributed by atoms with Crippen molar-refractivity contribution in [3.63, 3.8) is 0 Å². The molecule has 5 rings (SSSR count). The van der Waals surface area contributed by atoms with Crippen molar-refractivity contribution in [2.75, 3.05) is 23.3 Å². The second kappa shape index (κ2) is 12.4. The Hall–Kier alpha value is -4.47. The topological polar surface area (TPSA) is 88.2 Å². The number of carbonyl (C=O) groups excluding carboxylic acids is 1. The molecule has 208 valence electrons. The van der Waals surface area contributed by atoms with Gasteiger partial charge in [0, 0.05) is 41.1 Å². The van der Waals surface area contributed by atoms with Gasteiger partial charge in [-0.25, -0.2) is 0 Å². The molecule has 10 heteroatoms. The Morgan fingerprint density at radius 1 is 1.00 bits per heavy atom. The van der Waals surface area contributed by atoms with E-state index in [1.165, 1.54) is 6.08 Å².